The number of esters is 2. The topological polar surface area (TPSA) is 98.6 Å². The molecule has 152 valence electrons. The average Bonchev–Trinajstić information content (AvgIpc) is 3.19. The van der Waals surface area contributed by atoms with Gasteiger partial charge in [-0.15, -0.1) is 0 Å². The molecule has 0 saturated carbocycles. The average molecular weight is 397 g/mol. The number of Topliss-reactive ketones (excluding diaryl/α,β-unsaturated/α-hetero) is 1. The summed E-state index contributed by atoms with van der Waals surface area (Å²) in [6.07, 6.45) is 1.50. The number of benzene rings is 1. The first-order valence-corrected chi connectivity index (χ1v) is 9.33. The molecule has 0 aliphatic rings. The first-order valence-electron chi connectivity index (χ1n) is 9.33. The predicted molar refractivity (Wildman–Crippen MR) is 106 cm³/mol. The lowest BCUT2D eigenvalue weighted by atomic mass is 10.1. The molecule has 0 unspecified atom stereocenters. The van der Waals surface area contributed by atoms with E-state index in [1.54, 1.807) is 20.8 Å². The van der Waals surface area contributed by atoms with Crippen molar-refractivity contribution in [1.82, 2.24) is 4.98 Å². The standard InChI is InChI=1S/C22H23NO6/c1-5-27-22(26)21-14(4)23-13(3)20(21)17(24)11-29-19(25)9-15-10-28-18-8-12(2)6-7-16(15)18/h6-8,10,23H,5,9,11H2,1-4H3. The summed E-state index contributed by atoms with van der Waals surface area (Å²) < 4.78 is 15.7. The number of fused-ring (bicyclic) bond motifs is 1. The summed E-state index contributed by atoms with van der Waals surface area (Å²) in [5.41, 5.74) is 3.89. The number of hydrogen-bond donors (Lipinski definition) is 1. The fourth-order valence-corrected chi connectivity index (χ4v) is 3.34. The van der Waals surface area contributed by atoms with Crippen molar-refractivity contribution in [3.63, 3.8) is 0 Å². The number of ketones is 1. The number of hydrogen-bond acceptors (Lipinski definition) is 6. The van der Waals surface area contributed by atoms with Crippen LogP contribution in [0, 0.1) is 20.8 Å². The van der Waals surface area contributed by atoms with Crippen molar-refractivity contribution in [2.75, 3.05) is 13.2 Å². The Bertz CT molecular complexity index is 1090. The van der Waals surface area contributed by atoms with Crippen LogP contribution in [-0.2, 0) is 20.7 Å². The van der Waals surface area contributed by atoms with Crippen molar-refractivity contribution in [2.45, 2.75) is 34.1 Å². The molecule has 0 amide bonds. The van der Waals surface area contributed by atoms with E-state index in [1.807, 2.05) is 25.1 Å². The van der Waals surface area contributed by atoms with Crippen LogP contribution in [0.2, 0.25) is 0 Å². The van der Waals surface area contributed by atoms with Gasteiger partial charge in [0, 0.05) is 22.3 Å². The van der Waals surface area contributed by atoms with Gasteiger partial charge >= 0.3 is 11.9 Å². The molecule has 0 aliphatic carbocycles. The number of carbonyl (C=O) groups excluding carboxylic acids is 3. The Hall–Kier alpha value is -3.35. The molecule has 0 atom stereocenters. The highest BCUT2D eigenvalue weighted by molar-refractivity contribution is 6.09. The van der Waals surface area contributed by atoms with Crippen LogP contribution in [0.3, 0.4) is 0 Å². The SMILES string of the molecule is CCOC(=O)c1c(C)[nH]c(C)c1C(=O)COC(=O)Cc1coc2cc(C)ccc12. The molecule has 0 saturated heterocycles. The molecular weight excluding hydrogens is 374 g/mol. The minimum Gasteiger partial charge on any atom is -0.464 e. The van der Waals surface area contributed by atoms with Gasteiger partial charge < -0.3 is 18.9 Å². The molecule has 0 aliphatic heterocycles. The molecule has 29 heavy (non-hydrogen) atoms. The molecule has 3 aromatic rings. The van der Waals surface area contributed by atoms with Crippen molar-refractivity contribution in [3.8, 4) is 0 Å². The first kappa shape index (κ1) is 20.4. The number of aromatic amines is 1. The Morgan fingerprint density at radius 3 is 2.48 bits per heavy atom. The summed E-state index contributed by atoms with van der Waals surface area (Å²) in [4.78, 5) is 40.1. The minimum atomic E-state index is -0.579. The van der Waals surface area contributed by atoms with Gasteiger partial charge in [-0.1, -0.05) is 12.1 Å². The maximum absolute atomic E-state index is 12.6. The summed E-state index contributed by atoms with van der Waals surface area (Å²) in [5, 5.41) is 0.834. The zero-order valence-corrected chi connectivity index (χ0v) is 16.9. The van der Waals surface area contributed by atoms with Gasteiger partial charge in [0.05, 0.1) is 30.4 Å². The highest BCUT2D eigenvalue weighted by Gasteiger charge is 2.26. The third-order valence-corrected chi connectivity index (χ3v) is 4.64. The second-order valence-corrected chi connectivity index (χ2v) is 6.87. The lowest BCUT2D eigenvalue weighted by Gasteiger charge is -2.07. The third kappa shape index (κ3) is 4.23. The van der Waals surface area contributed by atoms with E-state index in [0.717, 1.165) is 10.9 Å². The molecule has 2 aromatic heterocycles. The predicted octanol–water partition coefficient (Wildman–Crippen LogP) is 3.83. The van der Waals surface area contributed by atoms with E-state index in [9.17, 15) is 14.4 Å². The van der Waals surface area contributed by atoms with Crippen LogP contribution in [0.4, 0.5) is 0 Å². The molecule has 1 N–H and O–H groups in total. The number of H-pyrrole nitrogens is 1. The zero-order valence-electron chi connectivity index (χ0n) is 16.9. The minimum absolute atomic E-state index is 0.0147. The normalized spacial score (nSPS) is 10.9. The number of aryl methyl sites for hydroxylation is 3. The molecule has 0 radical (unpaired) electrons. The largest absolute Gasteiger partial charge is 0.464 e. The maximum Gasteiger partial charge on any atom is 0.340 e. The summed E-state index contributed by atoms with van der Waals surface area (Å²) in [5.74, 6) is -1.59. The van der Waals surface area contributed by atoms with Crippen LogP contribution in [0.5, 0.6) is 0 Å². The Kier molecular flexibility index (Phi) is 5.87. The lowest BCUT2D eigenvalue weighted by Crippen LogP contribution is -2.19. The van der Waals surface area contributed by atoms with E-state index in [2.05, 4.69) is 4.98 Å². The maximum atomic E-state index is 12.6. The van der Waals surface area contributed by atoms with Crippen molar-refractivity contribution in [2.24, 2.45) is 0 Å². The molecule has 3 rings (SSSR count). The van der Waals surface area contributed by atoms with Crippen LogP contribution in [0.1, 0.15) is 50.2 Å². The van der Waals surface area contributed by atoms with E-state index in [1.165, 1.54) is 6.26 Å². The molecule has 0 fully saturated rings. The molecular formula is C22H23NO6. The van der Waals surface area contributed by atoms with E-state index in [0.29, 0.717) is 22.5 Å². The number of aromatic nitrogens is 1. The van der Waals surface area contributed by atoms with Crippen molar-refractivity contribution in [1.29, 1.82) is 0 Å². The number of nitrogens with one attached hydrogen (secondary N) is 1. The summed E-state index contributed by atoms with van der Waals surface area (Å²) in [6.45, 7) is 6.76. The summed E-state index contributed by atoms with van der Waals surface area (Å²) >= 11 is 0. The van der Waals surface area contributed by atoms with Crippen LogP contribution in [0.25, 0.3) is 11.0 Å². The van der Waals surface area contributed by atoms with Crippen molar-refractivity contribution < 1.29 is 28.3 Å². The lowest BCUT2D eigenvalue weighted by molar-refractivity contribution is -0.141. The second-order valence-electron chi connectivity index (χ2n) is 6.87. The van der Waals surface area contributed by atoms with Crippen LogP contribution >= 0.6 is 0 Å². The molecule has 1 aromatic carbocycles. The van der Waals surface area contributed by atoms with Gasteiger partial charge in [-0.3, -0.25) is 9.59 Å². The molecule has 0 spiro atoms. The van der Waals surface area contributed by atoms with Crippen molar-refractivity contribution in [3.05, 3.63) is 58.1 Å². The molecule has 0 bridgehead atoms. The van der Waals surface area contributed by atoms with Gasteiger partial charge in [0.1, 0.15) is 5.58 Å². The molecule has 7 nitrogen and oxygen atoms in total. The van der Waals surface area contributed by atoms with Gasteiger partial charge in [0.15, 0.2) is 6.61 Å². The van der Waals surface area contributed by atoms with Crippen LogP contribution < -0.4 is 0 Å². The van der Waals surface area contributed by atoms with E-state index in [4.69, 9.17) is 13.9 Å². The fourth-order valence-electron chi connectivity index (χ4n) is 3.34. The van der Waals surface area contributed by atoms with Gasteiger partial charge in [0.25, 0.3) is 0 Å². The summed E-state index contributed by atoms with van der Waals surface area (Å²) in [7, 11) is 0. The highest BCUT2D eigenvalue weighted by atomic mass is 16.5. The Morgan fingerprint density at radius 2 is 1.76 bits per heavy atom. The number of ether oxygens (including phenoxy) is 2. The fraction of sp³-hybridized carbons (Fsp3) is 0.318. The Balaban J connectivity index is 1.69. The van der Waals surface area contributed by atoms with Crippen molar-refractivity contribution >= 4 is 28.7 Å². The van der Waals surface area contributed by atoms with Gasteiger partial charge in [-0.05, 0) is 39.3 Å². The van der Waals surface area contributed by atoms with Gasteiger partial charge in [0.2, 0.25) is 5.78 Å². The zero-order chi connectivity index (χ0) is 21.1. The van der Waals surface area contributed by atoms with Gasteiger partial charge in [-0.2, -0.15) is 0 Å². The monoisotopic (exact) mass is 397 g/mol. The third-order valence-electron chi connectivity index (χ3n) is 4.64. The smallest absolute Gasteiger partial charge is 0.340 e. The summed E-state index contributed by atoms with van der Waals surface area (Å²) in [6, 6.07) is 5.71. The number of rotatable bonds is 7. The Labute approximate surface area is 168 Å². The van der Waals surface area contributed by atoms with E-state index in [-0.39, 0.29) is 24.2 Å². The molecule has 7 heteroatoms. The highest BCUT2D eigenvalue weighted by Crippen LogP contribution is 2.23. The first-order chi connectivity index (χ1) is 13.8. The van der Waals surface area contributed by atoms with Crippen LogP contribution in [-0.4, -0.2) is 35.9 Å². The van der Waals surface area contributed by atoms with E-state index >= 15 is 0 Å². The van der Waals surface area contributed by atoms with Gasteiger partial charge in [-0.25, -0.2) is 4.79 Å². The second kappa shape index (κ2) is 8.34. The van der Waals surface area contributed by atoms with Crippen LogP contribution in [0.15, 0.2) is 28.9 Å². The number of carbonyl (C=O) groups is 3. The Morgan fingerprint density at radius 1 is 1.03 bits per heavy atom. The molecule has 2 heterocycles. The quantitative estimate of drug-likeness (QED) is 0.480. The number of furan rings is 1. The van der Waals surface area contributed by atoms with E-state index < -0.39 is 24.3 Å².